The number of nitrogens with zero attached hydrogens (tertiary/aromatic N) is 2. The number of phenolic OH excluding ortho intramolecular Hbond substituents is 1. The molecule has 3 rings (SSSR count). The first-order valence-corrected chi connectivity index (χ1v) is 11.9. The summed E-state index contributed by atoms with van der Waals surface area (Å²) in [5.41, 5.74) is 1.91. The summed E-state index contributed by atoms with van der Waals surface area (Å²) in [5.74, 6) is 0.0489. The molecule has 162 valence electrons. The highest BCUT2D eigenvalue weighted by atomic mass is 32.2. The smallest absolute Gasteiger partial charge is 0.229 e. The third-order valence-corrected chi connectivity index (χ3v) is 5.99. The molecule has 1 fully saturated rings. The lowest BCUT2D eigenvalue weighted by Gasteiger charge is -2.32. The van der Waals surface area contributed by atoms with Crippen LogP contribution in [0.15, 0.2) is 48.5 Å². The van der Waals surface area contributed by atoms with Crippen molar-refractivity contribution in [2.45, 2.75) is 25.3 Å². The van der Waals surface area contributed by atoms with Gasteiger partial charge in [0.15, 0.2) is 0 Å². The van der Waals surface area contributed by atoms with E-state index in [1.165, 1.54) is 0 Å². The maximum atomic E-state index is 13.2. The zero-order valence-electron chi connectivity index (χ0n) is 17.4. The standard InChI is InChI=1S/C22H29N3O4S/c1-24(22(27)15-17-8-3-4-11-20(17)23-30(2,28)29)21(16-25-12-5-6-13-25)18-9-7-10-19(26)14-18/h3-4,7-11,14,21,23,26H,5-6,12-13,15-16H2,1-2H3. The highest BCUT2D eigenvalue weighted by molar-refractivity contribution is 7.92. The van der Waals surface area contributed by atoms with Crippen LogP contribution >= 0.6 is 0 Å². The van der Waals surface area contributed by atoms with E-state index in [0.29, 0.717) is 17.8 Å². The highest BCUT2D eigenvalue weighted by Crippen LogP contribution is 2.27. The lowest BCUT2D eigenvalue weighted by molar-refractivity contribution is -0.131. The van der Waals surface area contributed by atoms with Crippen molar-refractivity contribution in [1.29, 1.82) is 0 Å². The number of carbonyl (C=O) groups is 1. The molecule has 0 bridgehead atoms. The summed E-state index contributed by atoms with van der Waals surface area (Å²) in [6.45, 7) is 2.69. The van der Waals surface area contributed by atoms with Crippen LogP contribution in [0.1, 0.15) is 30.0 Å². The van der Waals surface area contributed by atoms with Crippen molar-refractivity contribution >= 4 is 21.6 Å². The molecule has 2 aromatic rings. The topological polar surface area (TPSA) is 90.0 Å². The molecule has 1 heterocycles. The number of anilines is 1. The van der Waals surface area contributed by atoms with E-state index in [2.05, 4.69) is 9.62 Å². The van der Waals surface area contributed by atoms with Crippen LogP contribution in [0.25, 0.3) is 0 Å². The summed E-state index contributed by atoms with van der Waals surface area (Å²) in [5, 5.41) is 9.94. The minimum atomic E-state index is -3.44. The predicted molar refractivity (Wildman–Crippen MR) is 118 cm³/mol. The molecule has 0 aromatic heterocycles. The SMILES string of the molecule is CN(C(=O)Cc1ccccc1NS(C)(=O)=O)C(CN1CCCC1)c1cccc(O)c1. The van der Waals surface area contributed by atoms with Crippen molar-refractivity contribution in [3.63, 3.8) is 0 Å². The third-order valence-electron chi connectivity index (χ3n) is 5.40. The Morgan fingerprint density at radius 3 is 2.53 bits per heavy atom. The van der Waals surface area contributed by atoms with Crippen LogP contribution in [-0.4, -0.2) is 62.2 Å². The molecule has 7 nitrogen and oxygen atoms in total. The van der Waals surface area contributed by atoms with Crippen LogP contribution < -0.4 is 4.72 Å². The predicted octanol–water partition coefficient (Wildman–Crippen LogP) is 2.60. The minimum absolute atomic E-state index is 0.0739. The largest absolute Gasteiger partial charge is 0.508 e. The molecule has 0 spiro atoms. The van der Waals surface area contributed by atoms with Gasteiger partial charge < -0.3 is 14.9 Å². The molecule has 0 radical (unpaired) electrons. The number of carbonyl (C=O) groups excluding carboxylic acids is 1. The number of hydrogen-bond acceptors (Lipinski definition) is 5. The summed E-state index contributed by atoms with van der Waals surface area (Å²) in [6.07, 6.45) is 3.46. The molecule has 1 unspecified atom stereocenters. The number of rotatable bonds is 8. The normalized spacial score (nSPS) is 15.7. The summed E-state index contributed by atoms with van der Waals surface area (Å²) in [4.78, 5) is 17.2. The Hall–Kier alpha value is -2.58. The summed E-state index contributed by atoms with van der Waals surface area (Å²) in [7, 11) is -1.68. The van der Waals surface area contributed by atoms with Gasteiger partial charge in [0, 0.05) is 13.6 Å². The molecule has 1 aliphatic rings. The van der Waals surface area contributed by atoms with Gasteiger partial charge in [0.05, 0.1) is 24.4 Å². The van der Waals surface area contributed by atoms with Gasteiger partial charge in [-0.05, 0) is 55.3 Å². The van der Waals surface area contributed by atoms with E-state index in [0.717, 1.165) is 37.8 Å². The van der Waals surface area contributed by atoms with Gasteiger partial charge in [0.1, 0.15) is 5.75 Å². The fourth-order valence-electron chi connectivity index (χ4n) is 3.83. The van der Waals surface area contributed by atoms with E-state index in [-0.39, 0.29) is 24.1 Å². The second kappa shape index (κ2) is 9.49. The van der Waals surface area contributed by atoms with E-state index in [1.54, 1.807) is 54.4 Å². The van der Waals surface area contributed by atoms with Crippen LogP contribution in [-0.2, 0) is 21.2 Å². The molecule has 1 aliphatic heterocycles. The molecule has 0 aliphatic carbocycles. The molecule has 1 saturated heterocycles. The number of phenols is 1. The van der Waals surface area contributed by atoms with Crippen molar-refractivity contribution in [3.05, 3.63) is 59.7 Å². The number of benzene rings is 2. The first-order valence-electron chi connectivity index (χ1n) is 10.1. The number of likely N-dealkylation sites (tertiary alicyclic amines) is 1. The fourth-order valence-corrected chi connectivity index (χ4v) is 4.43. The molecule has 2 aromatic carbocycles. The van der Waals surface area contributed by atoms with E-state index in [1.807, 2.05) is 6.07 Å². The quantitative estimate of drug-likeness (QED) is 0.671. The molecular weight excluding hydrogens is 402 g/mol. The summed E-state index contributed by atoms with van der Waals surface area (Å²) in [6, 6.07) is 13.7. The van der Waals surface area contributed by atoms with Crippen LogP contribution in [0.3, 0.4) is 0 Å². The van der Waals surface area contributed by atoms with Gasteiger partial charge in [-0.1, -0.05) is 30.3 Å². The Bertz CT molecular complexity index is 987. The number of para-hydroxylation sites is 1. The number of aromatic hydroxyl groups is 1. The maximum absolute atomic E-state index is 13.2. The molecule has 1 atom stereocenters. The Morgan fingerprint density at radius 1 is 1.17 bits per heavy atom. The molecule has 1 amide bonds. The third kappa shape index (κ3) is 5.96. The van der Waals surface area contributed by atoms with E-state index >= 15 is 0 Å². The average Bonchev–Trinajstić information content (AvgIpc) is 3.19. The van der Waals surface area contributed by atoms with E-state index in [4.69, 9.17) is 0 Å². The second-order valence-corrected chi connectivity index (χ2v) is 9.58. The lowest BCUT2D eigenvalue weighted by atomic mass is 10.0. The molecule has 0 saturated carbocycles. The van der Waals surface area contributed by atoms with Crippen LogP contribution in [0.4, 0.5) is 5.69 Å². The zero-order chi connectivity index (χ0) is 21.7. The van der Waals surface area contributed by atoms with Crippen LogP contribution in [0, 0.1) is 0 Å². The minimum Gasteiger partial charge on any atom is -0.508 e. The molecular formula is C22H29N3O4S. The Morgan fingerprint density at radius 2 is 1.87 bits per heavy atom. The number of likely N-dealkylation sites (N-methyl/N-ethyl adjacent to an activating group) is 1. The van der Waals surface area contributed by atoms with Crippen molar-refractivity contribution < 1.29 is 18.3 Å². The molecule has 2 N–H and O–H groups in total. The average molecular weight is 432 g/mol. The molecule has 8 heteroatoms. The summed E-state index contributed by atoms with van der Waals surface area (Å²) >= 11 is 0. The van der Waals surface area contributed by atoms with Gasteiger partial charge in [0.25, 0.3) is 0 Å². The van der Waals surface area contributed by atoms with Gasteiger partial charge in [0.2, 0.25) is 15.9 Å². The number of sulfonamides is 1. The Kier molecular flexibility index (Phi) is 6.99. The van der Waals surface area contributed by atoms with Crippen LogP contribution in [0.5, 0.6) is 5.75 Å². The van der Waals surface area contributed by atoms with Crippen molar-refractivity contribution in [2.75, 3.05) is 37.7 Å². The number of amides is 1. The van der Waals surface area contributed by atoms with Gasteiger partial charge in [-0.25, -0.2) is 8.42 Å². The highest BCUT2D eigenvalue weighted by Gasteiger charge is 2.26. The van der Waals surface area contributed by atoms with Crippen LogP contribution in [0.2, 0.25) is 0 Å². The number of hydrogen-bond donors (Lipinski definition) is 2. The maximum Gasteiger partial charge on any atom is 0.229 e. The lowest BCUT2D eigenvalue weighted by Crippen LogP contribution is -2.39. The van der Waals surface area contributed by atoms with Crippen molar-refractivity contribution in [2.24, 2.45) is 0 Å². The van der Waals surface area contributed by atoms with E-state index in [9.17, 15) is 18.3 Å². The van der Waals surface area contributed by atoms with Gasteiger partial charge >= 0.3 is 0 Å². The fraction of sp³-hybridized carbons (Fsp3) is 0.409. The van der Waals surface area contributed by atoms with Gasteiger partial charge in [-0.15, -0.1) is 0 Å². The molecule has 30 heavy (non-hydrogen) atoms. The summed E-state index contributed by atoms with van der Waals surface area (Å²) < 4.78 is 25.8. The monoisotopic (exact) mass is 431 g/mol. The van der Waals surface area contributed by atoms with Crippen molar-refractivity contribution in [3.8, 4) is 5.75 Å². The first-order chi connectivity index (χ1) is 14.2. The van der Waals surface area contributed by atoms with Crippen molar-refractivity contribution in [1.82, 2.24) is 9.80 Å². The Labute approximate surface area is 178 Å². The first kappa shape index (κ1) is 22.1. The van der Waals surface area contributed by atoms with E-state index < -0.39 is 10.0 Å². The van der Waals surface area contributed by atoms with Gasteiger partial charge in [-0.3, -0.25) is 9.52 Å². The Balaban J connectivity index is 1.82. The number of nitrogens with one attached hydrogen (secondary N) is 1. The zero-order valence-corrected chi connectivity index (χ0v) is 18.2. The van der Waals surface area contributed by atoms with Gasteiger partial charge in [-0.2, -0.15) is 0 Å². The second-order valence-electron chi connectivity index (χ2n) is 7.83.